The van der Waals surface area contributed by atoms with E-state index in [1.165, 1.54) is 0 Å². The van der Waals surface area contributed by atoms with Crippen LogP contribution in [0.15, 0.2) is 24.3 Å². The number of hydrogen-bond donors (Lipinski definition) is 2. The second-order valence-corrected chi connectivity index (χ2v) is 5.48. The molecule has 0 bridgehead atoms. The van der Waals surface area contributed by atoms with Crippen LogP contribution in [-0.2, 0) is 0 Å². The van der Waals surface area contributed by atoms with Gasteiger partial charge in [-0.05, 0) is 55.7 Å². The molecule has 1 atom stereocenters. The Balaban J connectivity index is 1.85. The van der Waals surface area contributed by atoms with Crippen molar-refractivity contribution in [3.8, 4) is 5.75 Å². The van der Waals surface area contributed by atoms with Crippen LogP contribution in [0.1, 0.15) is 50.7 Å². The number of benzene rings is 1. The van der Waals surface area contributed by atoms with Crippen molar-refractivity contribution in [2.75, 3.05) is 6.61 Å². The summed E-state index contributed by atoms with van der Waals surface area (Å²) in [6.07, 6.45) is 4.05. The van der Waals surface area contributed by atoms with Crippen LogP contribution in [0.3, 0.4) is 0 Å². The van der Waals surface area contributed by atoms with Gasteiger partial charge in [0.2, 0.25) is 0 Å². The average Bonchev–Trinajstić information content (AvgIpc) is 2.46. The third-order valence-electron chi connectivity index (χ3n) is 3.93. The monoisotopic (exact) mass is 264 g/mol. The molecule has 3 heteroatoms. The van der Waals surface area contributed by atoms with Crippen molar-refractivity contribution in [3.63, 3.8) is 0 Å². The normalized spacial score (nSPS) is 25.0. The zero-order valence-electron chi connectivity index (χ0n) is 11.6. The standard InChI is InChI=1S/C16H24O3/c1-2-16(18)13-4-3-5-15(10-13)19-11-12-6-8-14(17)9-7-12/h3-5,10,12,14,16-18H,2,6-9,11H2,1H3. The van der Waals surface area contributed by atoms with Crippen LogP contribution in [-0.4, -0.2) is 22.9 Å². The molecule has 2 rings (SSSR count). The van der Waals surface area contributed by atoms with Crippen LogP contribution in [0.4, 0.5) is 0 Å². The summed E-state index contributed by atoms with van der Waals surface area (Å²) >= 11 is 0. The second kappa shape index (κ2) is 6.92. The maximum Gasteiger partial charge on any atom is 0.119 e. The van der Waals surface area contributed by atoms with Crippen LogP contribution >= 0.6 is 0 Å². The molecule has 1 aromatic carbocycles. The highest BCUT2D eigenvalue weighted by Gasteiger charge is 2.19. The van der Waals surface area contributed by atoms with Crippen LogP contribution in [0.5, 0.6) is 5.75 Å². The summed E-state index contributed by atoms with van der Waals surface area (Å²) < 4.78 is 5.82. The molecule has 1 aliphatic carbocycles. The Morgan fingerprint density at radius 2 is 2.00 bits per heavy atom. The largest absolute Gasteiger partial charge is 0.493 e. The summed E-state index contributed by atoms with van der Waals surface area (Å²) in [7, 11) is 0. The van der Waals surface area contributed by atoms with E-state index in [4.69, 9.17) is 4.74 Å². The fourth-order valence-electron chi connectivity index (χ4n) is 2.57. The van der Waals surface area contributed by atoms with Gasteiger partial charge in [0.15, 0.2) is 0 Å². The quantitative estimate of drug-likeness (QED) is 0.859. The minimum atomic E-state index is -0.409. The highest BCUT2D eigenvalue weighted by Crippen LogP contribution is 2.26. The lowest BCUT2D eigenvalue weighted by molar-refractivity contribution is 0.0916. The van der Waals surface area contributed by atoms with Gasteiger partial charge in [0, 0.05) is 0 Å². The maximum atomic E-state index is 9.82. The van der Waals surface area contributed by atoms with Crippen molar-refractivity contribution in [3.05, 3.63) is 29.8 Å². The molecule has 106 valence electrons. The van der Waals surface area contributed by atoms with Gasteiger partial charge in [0.05, 0.1) is 18.8 Å². The van der Waals surface area contributed by atoms with Crippen LogP contribution in [0, 0.1) is 5.92 Å². The molecule has 0 aromatic heterocycles. The van der Waals surface area contributed by atoms with Crippen molar-refractivity contribution in [2.24, 2.45) is 5.92 Å². The lowest BCUT2D eigenvalue weighted by atomic mass is 9.88. The Morgan fingerprint density at radius 1 is 1.26 bits per heavy atom. The van der Waals surface area contributed by atoms with E-state index in [-0.39, 0.29) is 6.10 Å². The highest BCUT2D eigenvalue weighted by atomic mass is 16.5. The predicted molar refractivity (Wildman–Crippen MR) is 75.2 cm³/mol. The first-order valence-electron chi connectivity index (χ1n) is 7.28. The molecule has 19 heavy (non-hydrogen) atoms. The van der Waals surface area contributed by atoms with E-state index >= 15 is 0 Å². The van der Waals surface area contributed by atoms with Gasteiger partial charge in [-0.1, -0.05) is 19.1 Å². The van der Waals surface area contributed by atoms with Gasteiger partial charge in [-0.3, -0.25) is 0 Å². The van der Waals surface area contributed by atoms with E-state index in [2.05, 4.69) is 0 Å². The SMILES string of the molecule is CCC(O)c1cccc(OCC2CCC(O)CC2)c1. The molecule has 1 aromatic rings. The molecule has 1 fully saturated rings. The van der Waals surface area contributed by atoms with Crippen molar-refractivity contribution < 1.29 is 14.9 Å². The number of ether oxygens (including phenoxy) is 1. The third kappa shape index (κ3) is 4.22. The molecule has 0 saturated heterocycles. The molecule has 0 aliphatic heterocycles. The first-order valence-corrected chi connectivity index (χ1v) is 7.28. The molecule has 0 spiro atoms. The lowest BCUT2D eigenvalue weighted by Gasteiger charge is -2.25. The zero-order chi connectivity index (χ0) is 13.7. The number of aliphatic hydroxyl groups is 2. The fourth-order valence-corrected chi connectivity index (χ4v) is 2.57. The van der Waals surface area contributed by atoms with Crippen molar-refractivity contribution in [1.29, 1.82) is 0 Å². The second-order valence-electron chi connectivity index (χ2n) is 5.48. The summed E-state index contributed by atoms with van der Waals surface area (Å²) in [5, 5.41) is 19.3. The minimum Gasteiger partial charge on any atom is -0.493 e. The van der Waals surface area contributed by atoms with Crippen molar-refractivity contribution in [2.45, 2.75) is 51.2 Å². The van der Waals surface area contributed by atoms with E-state index in [9.17, 15) is 10.2 Å². The molecule has 3 nitrogen and oxygen atoms in total. The predicted octanol–water partition coefficient (Wildman–Crippen LogP) is 3.06. The van der Waals surface area contributed by atoms with Crippen LogP contribution in [0.2, 0.25) is 0 Å². The highest BCUT2D eigenvalue weighted by molar-refractivity contribution is 5.29. The van der Waals surface area contributed by atoms with E-state index in [1.807, 2.05) is 31.2 Å². The fraction of sp³-hybridized carbons (Fsp3) is 0.625. The Labute approximate surface area is 115 Å². The Kier molecular flexibility index (Phi) is 5.23. The Morgan fingerprint density at radius 3 is 2.68 bits per heavy atom. The number of aliphatic hydroxyl groups excluding tert-OH is 2. The molecule has 1 unspecified atom stereocenters. The molecule has 2 N–H and O–H groups in total. The summed E-state index contributed by atoms with van der Waals surface area (Å²) in [6, 6.07) is 7.71. The van der Waals surface area contributed by atoms with E-state index in [0.29, 0.717) is 18.9 Å². The molecule has 0 heterocycles. The van der Waals surface area contributed by atoms with Gasteiger partial charge in [0.25, 0.3) is 0 Å². The number of hydrogen-bond acceptors (Lipinski definition) is 3. The van der Waals surface area contributed by atoms with Crippen molar-refractivity contribution in [1.82, 2.24) is 0 Å². The molecule has 1 saturated carbocycles. The van der Waals surface area contributed by atoms with E-state index in [1.54, 1.807) is 0 Å². The maximum absolute atomic E-state index is 9.82. The summed E-state index contributed by atoms with van der Waals surface area (Å²) in [5.74, 6) is 1.37. The average molecular weight is 264 g/mol. The first-order chi connectivity index (χ1) is 9.19. The smallest absolute Gasteiger partial charge is 0.119 e. The topological polar surface area (TPSA) is 49.7 Å². The van der Waals surface area contributed by atoms with Gasteiger partial charge in [-0.15, -0.1) is 0 Å². The summed E-state index contributed by atoms with van der Waals surface area (Å²) in [4.78, 5) is 0. The van der Waals surface area contributed by atoms with Crippen LogP contribution < -0.4 is 4.74 Å². The first kappa shape index (κ1) is 14.4. The Hall–Kier alpha value is -1.06. The Bertz CT molecular complexity index is 383. The molecule has 1 aliphatic rings. The van der Waals surface area contributed by atoms with Gasteiger partial charge in [-0.2, -0.15) is 0 Å². The molecule has 0 amide bonds. The van der Waals surface area contributed by atoms with Gasteiger partial charge in [-0.25, -0.2) is 0 Å². The van der Waals surface area contributed by atoms with E-state index < -0.39 is 6.10 Å². The summed E-state index contributed by atoms with van der Waals surface area (Å²) in [6.45, 7) is 2.67. The zero-order valence-corrected chi connectivity index (χ0v) is 11.6. The van der Waals surface area contributed by atoms with Gasteiger partial charge < -0.3 is 14.9 Å². The number of rotatable bonds is 5. The minimum absolute atomic E-state index is 0.112. The molecular formula is C16H24O3. The molecular weight excluding hydrogens is 240 g/mol. The van der Waals surface area contributed by atoms with Gasteiger partial charge >= 0.3 is 0 Å². The van der Waals surface area contributed by atoms with Gasteiger partial charge in [0.1, 0.15) is 5.75 Å². The lowest BCUT2D eigenvalue weighted by Crippen LogP contribution is -2.22. The van der Waals surface area contributed by atoms with Crippen molar-refractivity contribution >= 4 is 0 Å². The summed E-state index contributed by atoms with van der Waals surface area (Å²) in [5.41, 5.74) is 0.916. The van der Waals surface area contributed by atoms with E-state index in [0.717, 1.165) is 37.0 Å². The molecule has 0 radical (unpaired) electrons. The van der Waals surface area contributed by atoms with Crippen LogP contribution in [0.25, 0.3) is 0 Å². The third-order valence-corrected chi connectivity index (χ3v) is 3.93.